The van der Waals surface area contributed by atoms with Crippen LogP contribution in [-0.4, -0.2) is 30.8 Å². The number of carbonyl (C=O) groups is 1. The summed E-state index contributed by atoms with van der Waals surface area (Å²) in [7, 11) is 2.21. The molecule has 0 amide bonds. The Balaban J connectivity index is 1.52. The molecule has 1 aromatic carbocycles. The third-order valence-corrected chi connectivity index (χ3v) is 5.07. The van der Waals surface area contributed by atoms with E-state index in [0.717, 1.165) is 37.3 Å². The molecule has 0 bridgehead atoms. The van der Waals surface area contributed by atoms with Gasteiger partial charge in [-0.25, -0.2) is 0 Å². The van der Waals surface area contributed by atoms with Gasteiger partial charge in [0.05, 0.1) is 0 Å². The molecule has 2 aliphatic rings. The van der Waals surface area contributed by atoms with Crippen LogP contribution in [0.25, 0.3) is 0 Å². The summed E-state index contributed by atoms with van der Waals surface area (Å²) in [5, 5.41) is 0. The van der Waals surface area contributed by atoms with Crippen molar-refractivity contribution in [3.8, 4) is 0 Å². The molecule has 3 rings (SSSR count). The Bertz CT molecular complexity index is 478. The van der Waals surface area contributed by atoms with E-state index in [0.29, 0.717) is 5.78 Å². The first-order chi connectivity index (χ1) is 9.74. The lowest BCUT2D eigenvalue weighted by Gasteiger charge is -2.31. The van der Waals surface area contributed by atoms with Gasteiger partial charge in [0.2, 0.25) is 0 Å². The highest BCUT2D eigenvalue weighted by Gasteiger charge is 2.27. The van der Waals surface area contributed by atoms with Crippen molar-refractivity contribution in [1.29, 1.82) is 0 Å². The third kappa shape index (κ3) is 2.95. The van der Waals surface area contributed by atoms with E-state index < -0.39 is 0 Å². The van der Waals surface area contributed by atoms with Gasteiger partial charge in [-0.15, -0.1) is 0 Å². The van der Waals surface area contributed by atoms with Crippen LogP contribution in [0.3, 0.4) is 0 Å². The quantitative estimate of drug-likeness (QED) is 0.816. The minimum Gasteiger partial charge on any atom is -0.306 e. The first-order valence-corrected chi connectivity index (χ1v) is 8.04. The highest BCUT2D eigenvalue weighted by atomic mass is 16.1. The molecule has 20 heavy (non-hydrogen) atoms. The molecule has 1 aromatic rings. The highest BCUT2D eigenvalue weighted by molar-refractivity contribution is 6.00. The fourth-order valence-electron chi connectivity index (χ4n) is 3.52. The number of hydrogen-bond acceptors (Lipinski definition) is 2. The van der Waals surface area contributed by atoms with Crippen LogP contribution in [0.15, 0.2) is 24.3 Å². The lowest BCUT2D eigenvalue weighted by Crippen LogP contribution is -2.32. The van der Waals surface area contributed by atoms with E-state index in [-0.39, 0.29) is 5.92 Å². The standard InChI is InChI=1S/C18H25NO/c1-19(13-14-5-4-6-14)12-11-16-10-9-15-7-2-3-8-17(15)18(16)20/h2-3,7-8,14,16H,4-6,9-13H2,1H3. The molecule has 108 valence electrons. The number of benzene rings is 1. The molecule has 2 heteroatoms. The van der Waals surface area contributed by atoms with E-state index >= 15 is 0 Å². The van der Waals surface area contributed by atoms with Crippen molar-refractivity contribution in [3.05, 3.63) is 35.4 Å². The van der Waals surface area contributed by atoms with Crippen LogP contribution >= 0.6 is 0 Å². The van der Waals surface area contributed by atoms with Gasteiger partial charge >= 0.3 is 0 Å². The van der Waals surface area contributed by atoms with Gasteiger partial charge in [-0.3, -0.25) is 4.79 Å². The van der Waals surface area contributed by atoms with Crippen molar-refractivity contribution in [2.75, 3.05) is 20.1 Å². The molecule has 0 spiro atoms. The molecular formula is C18H25NO. The summed E-state index contributed by atoms with van der Waals surface area (Å²) in [5.74, 6) is 1.54. The molecule has 0 aromatic heterocycles. The Morgan fingerprint density at radius 3 is 2.75 bits per heavy atom. The van der Waals surface area contributed by atoms with Gasteiger partial charge < -0.3 is 4.90 Å². The number of aryl methyl sites for hydroxylation is 1. The lowest BCUT2D eigenvalue weighted by atomic mass is 9.81. The van der Waals surface area contributed by atoms with Crippen LogP contribution in [0.4, 0.5) is 0 Å². The first-order valence-electron chi connectivity index (χ1n) is 8.04. The number of ketones is 1. The Labute approximate surface area is 122 Å². The number of carbonyl (C=O) groups excluding carboxylic acids is 1. The SMILES string of the molecule is CN(CCC1CCc2ccccc2C1=O)CC1CCC1. The zero-order chi connectivity index (χ0) is 13.9. The maximum Gasteiger partial charge on any atom is 0.166 e. The molecular weight excluding hydrogens is 246 g/mol. The summed E-state index contributed by atoms with van der Waals surface area (Å²) in [6.07, 6.45) is 7.35. The third-order valence-electron chi connectivity index (χ3n) is 5.07. The summed E-state index contributed by atoms with van der Waals surface area (Å²) < 4.78 is 0. The molecule has 1 fully saturated rings. The van der Waals surface area contributed by atoms with E-state index in [1.165, 1.54) is 31.4 Å². The molecule has 0 saturated heterocycles. The molecule has 0 N–H and O–H groups in total. The van der Waals surface area contributed by atoms with Crippen LogP contribution in [-0.2, 0) is 6.42 Å². The molecule has 0 radical (unpaired) electrons. The van der Waals surface area contributed by atoms with Crippen molar-refractivity contribution in [2.24, 2.45) is 11.8 Å². The van der Waals surface area contributed by atoms with Gasteiger partial charge in [-0.05, 0) is 57.2 Å². The van der Waals surface area contributed by atoms with Crippen LogP contribution in [0, 0.1) is 11.8 Å². The van der Waals surface area contributed by atoms with E-state index in [9.17, 15) is 4.79 Å². The lowest BCUT2D eigenvalue weighted by molar-refractivity contribution is 0.0881. The minimum absolute atomic E-state index is 0.244. The van der Waals surface area contributed by atoms with E-state index in [2.05, 4.69) is 18.0 Å². The van der Waals surface area contributed by atoms with Crippen molar-refractivity contribution < 1.29 is 4.79 Å². The van der Waals surface area contributed by atoms with Crippen molar-refractivity contribution in [1.82, 2.24) is 4.90 Å². The summed E-state index contributed by atoms with van der Waals surface area (Å²) >= 11 is 0. The monoisotopic (exact) mass is 271 g/mol. The number of Topliss-reactive ketones (excluding diaryl/α,β-unsaturated/α-hetero) is 1. The van der Waals surface area contributed by atoms with E-state index in [1.807, 2.05) is 18.2 Å². The fourth-order valence-corrected chi connectivity index (χ4v) is 3.52. The number of hydrogen-bond donors (Lipinski definition) is 0. The number of rotatable bonds is 5. The second-order valence-electron chi connectivity index (χ2n) is 6.60. The molecule has 1 atom stereocenters. The maximum atomic E-state index is 12.5. The van der Waals surface area contributed by atoms with Gasteiger partial charge in [0.1, 0.15) is 0 Å². The zero-order valence-corrected chi connectivity index (χ0v) is 12.5. The van der Waals surface area contributed by atoms with Gasteiger partial charge in [0.15, 0.2) is 5.78 Å². The normalized spacial score (nSPS) is 22.7. The van der Waals surface area contributed by atoms with Crippen molar-refractivity contribution in [2.45, 2.75) is 38.5 Å². The molecule has 2 aliphatic carbocycles. The van der Waals surface area contributed by atoms with Crippen LogP contribution in [0.2, 0.25) is 0 Å². The molecule has 1 unspecified atom stereocenters. The minimum atomic E-state index is 0.244. The van der Waals surface area contributed by atoms with Crippen LogP contribution in [0.5, 0.6) is 0 Å². The first kappa shape index (κ1) is 13.8. The summed E-state index contributed by atoms with van der Waals surface area (Å²) in [4.78, 5) is 14.9. The summed E-state index contributed by atoms with van der Waals surface area (Å²) in [6.45, 7) is 2.28. The average Bonchev–Trinajstić information content (AvgIpc) is 2.42. The van der Waals surface area contributed by atoms with Gasteiger partial charge in [-0.2, -0.15) is 0 Å². The largest absolute Gasteiger partial charge is 0.306 e. The second kappa shape index (κ2) is 6.09. The Kier molecular flexibility index (Phi) is 4.21. The number of nitrogens with zero attached hydrogens (tertiary/aromatic N) is 1. The average molecular weight is 271 g/mol. The fraction of sp³-hybridized carbons (Fsp3) is 0.611. The smallest absolute Gasteiger partial charge is 0.166 e. The molecule has 0 aliphatic heterocycles. The topological polar surface area (TPSA) is 20.3 Å². The maximum absolute atomic E-state index is 12.5. The van der Waals surface area contributed by atoms with Crippen LogP contribution < -0.4 is 0 Å². The van der Waals surface area contributed by atoms with Gasteiger partial charge in [-0.1, -0.05) is 30.7 Å². The van der Waals surface area contributed by atoms with E-state index in [4.69, 9.17) is 0 Å². The zero-order valence-electron chi connectivity index (χ0n) is 12.5. The van der Waals surface area contributed by atoms with E-state index in [1.54, 1.807) is 0 Å². The summed E-state index contributed by atoms with van der Waals surface area (Å²) in [6, 6.07) is 8.13. The highest BCUT2D eigenvalue weighted by Crippen LogP contribution is 2.29. The molecule has 2 nitrogen and oxygen atoms in total. The predicted molar refractivity (Wildman–Crippen MR) is 82.0 cm³/mol. The molecule has 1 saturated carbocycles. The Morgan fingerprint density at radius 2 is 2.00 bits per heavy atom. The molecule has 0 heterocycles. The van der Waals surface area contributed by atoms with Gasteiger partial charge in [0.25, 0.3) is 0 Å². The Hall–Kier alpha value is -1.15. The van der Waals surface area contributed by atoms with Crippen molar-refractivity contribution >= 4 is 5.78 Å². The Morgan fingerprint density at radius 1 is 1.20 bits per heavy atom. The summed E-state index contributed by atoms with van der Waals surface area (Å²) in [5.41, 5.74) is 2.22. The van der Waals surface area contributed by atoms with Crippen molar-refractivity contribution in [3.63, 3.8) is 0 Å². The number of fused-ring (bicyclic) bond motifs is 1. The second-order valence-corrected chi connectivity index (χ2v) is 6.60. The van der Waals surface area contributed by atoms with Gasteiger partial charge in [0, 0.05) is 18.0 Å². The van der Waals surface area contributed by atoms with Crippen LogP contribution in [0.1, 0.15) is 48.0 Å². The predicted octanol–water partition coefficient (Wildman–Crippen LogP) is 3.55.